The van der Waals surface area contributed by atoms with Crippen LogP contribution in [0.2, 0.25) is 0 Å². The quantitative estimate of drug-likeness (QED) is 0.204. The molecule has 0 saturated carbocycles. The number of hydrogen-bond acceptors (Lipinski definition) is 1. The third-order valence-electron chi connectivity index (χ3n) is 5.91. The molecule has 0 amide bonds. The third kappa shape index (κ3) is 5.66. The van der Waals surface area contributed by atoms with Crippen LogP contribution in [0.15, 0.2) is 66.7 Å². The predicted molar refractivity (Wildman–Crippen MR) is 127 cm³/mol. The minimum Gasteiger partial charge on any atom is -0.429 e. The molecule has 0 aliphatic rings. The van der Waals surface area contributed by atoms with E-state index in [1.165, 1.54) is 12.1 Å². The SMILES string of the molecule is CCCCc1ccc(-c2cc(F)c(C(F)(F)Oc3ccc(-c4ccc(F)c(F)c4)c(F)c3)c(F)c2)c(F)c1. The Kier molecular flexibility index (Phi) is 7.76. The van der Waals surface area contributed by atoms with Crippen molar-refractivity contribution in [2.75, 3.05) is 0 Å². The molecule has 0 aliphatic heterocycles. The van der Waals surface area contributed by atoms with Crippen LogP contribution in [-0.4, -0.2) is 0 Å². The van der Waals surface area contributed by atoms with Gasteiger partial charge < -0.3 is 4.74 Å². The van der Waals surface area contributed by atoms with Crippen LogP contribution in [0.25, 0.3) is 22.3 Å². The van der Waals surface area contributed by atoms with Crippen molar-refractivity contribution in [3.63, 3.8) is 0 Å². The van der Waals surface area contributed by atoms with Crippen LogP contribution in [0.4, 0.5) is 35.1 Å². The van der Waals surface area contributed by atoms with Gasteiger partial charge in [0.1, 0.15) is 34.6 Å². The Bertz CT molecular complexity index is 1460. The van der Waals surface area contributed by atoms with Crippen molar-refractivity contribution in [1.29, 1.82) is 0 Å². The molecule has 0 aliphatic carbocycles. The van der Waals surface area contributed by atoms with Gasteiger partial charge >= 0.3 is 6.11 Å². The highest BCUT2D eigenvalue weighted by Crippen LogP contribution is 2.38. The summed E-state index contributed by atoms with van der Waals surface area (Å²) in [6.07, 6.45) is -2.25. The molecule has 198 valence electrons. The van der Waals surface area contributed by atoms with Crippen molar-refractivity contribution < 1.29 is 39.9 Å². The molecule has 0 heterocycles. The zero-order valence-corrected chi connectivity index (χ0v) is 19.9. The highest BCUT2D eigenvalue weighted by molar-refractivity contribution is 5.66. The van der Waals surface area contributed by atoms with E-state index in [-0.39, 0.29) is 22.3 Å². The molecule has 38 heavy (non-hydrogen) atoms. The standard InChI is InChI=1S/C29H20F8O/c1-2-3-4-16-5-8-21(23(31)11-16)18-13-26(34)28(27(35)14-18)29(36,37)38-19-7-9-20(24(32)15-19)17-6-10-22(30)25(33)12-17/h5-15H,2-4H2,1H3. The van der Waals surface area contributed by atoms with Crippen LogP contribution in [0.1, 0.15) is 30.9 Å². The van der Waals surface area contributed by atoms with Crippen LogP contribution in [0, 0.1) is 34.9 Å². The lowest BCUT2D eigenvalue weighted by molar-refractivity contribution is -0.189. The fraction of sp³-hybridized carbons (Fsp3) is 0.172. The fourth-order valence-corrected chi connectivity index (χ4v) is 3.99. The van der Waals surface area contributed by atoms with Crippen LogP contribution in [-0.2, 0) is 12.5 Å². The molecular weight excluding hydrogens is 516 g/mol. The summed E-state index contributed by atoms with van der Waals surface area (Å²) in [5.41, 5.74) is -1.84. The predicted octanol–water partition coefficient (Wildman–Crippen LogP) is 9.33. The second kappa shape index (κ2) is 10.8. The molecule has 0 bridgehead atoms. The lowest BCUT2D eigenvalue weighted by Gasteiger charge is -2.20. The molecule has 0 saturated heterocycles. The van der Waals surface area contributed by atoms with Gasteiger partial charge in [0.2, 0.25) is 0 Å². The molecule has 0 aromatic heterocycles. The number of unbranched alkanes of at least 4 members (excludes halogenated alkanes) is 1. The van der Waals surface area contributed by atoms with E-state index in [1.807, 2.05) is 6.92 Å². The summed E-state index contributed by atoms with van der Waals surface area (Å²) in [5, 5.41) is 0. The van der Waals surface area contributed by atoms with E-state index in [1.54, 1.807) is 6.07 Å². The number of ether oxygens (including phenoxy) is 1. The van der Waals surface area contributed by atoms with E-state index in [0.717, 1.165) is 43.2 Å². The van der Waals surface area contributed by atoms with E-state index < -0.39 is 52.3 Å². The maximum absolute atomic E-state index is 14.8. The van der Waals surface area contributed by atoms with Gasteiger partial charge in [-0.3, -0.25) is 0 Å². The van der Waals surface area contributed by atoms with Crippen molar-refractivity contribution in [3.05, 3.63) is 113 Å². The highest BCUT2D eigenvalue weighted by atomic mass is 19.3. The average Bonchev–Trinajstić information content (AvgIpc) is 2.83. The Morgan fingerprint density at radius 1 is 0.605 bits per heavy atom. The molecule has 0 spiro atoms. The molecular formula is C29H20F8O. The summed E-state index contributed by atoms with van der Waals surface area (Å²) in [6.45, 7) is 1.97. The van der Waals surface area contributed by atoms with Gasteiger partial charge in [-0.25, -0.2) is 26.3 Å². The molecule has 0 radical (unpaired) electrons. The van der Waals surface area contributed by atoms with Gasteiger partial charge in [0.05, 0.1) is 0 Å². The van der Waals surface area contributed by atoms with Crippen molar-refractivity contribution in [2.45, 2.75) is 32.3 Å². The zero-order chi connectivity index (χ0) is 27.6. The Balaban J connectivity index is 1.60. The van der Waals surface area contributed by atoms with Gasteiger partial charge in [0.25, 0.3) is 0 Å². The summed E-state index contributed by atoms with van der Waals surface area (Å²) in [6, 6.07) is 10.2. The van der Waals surface area contributed by atoms with Gasteiger partial charge in [-0.1, -0.05) is 31.5 Å². The third-order valence-corrected chi connectivity index (χ3v) is 5.91. The smallest absolute Gasteiger partial charge is 0.429 e. The van der Waals surface area contributed by atoms with Crippen molar-refractivity contribution in [1.82, 2.24) is 0 Å². The number of halogens is 8. The normalized spacial score (nSPS) is 11.6. The molecule has 9 heteroatoms. The highest BCUT2D eigenvalue weighted by Gasteiger charge is 2.41. The van der Waals surface area contributed by atoms with E-state index >= 15 is 0 Å². The minimum absolute atomic E-state index is 0.0713. The first-order chi connectivity index (χ1) is 18.0. The van der Waals surface area contributed by atoms with Crippen LogP contribution >= 0.6 is 0 Å². The largest absolute Gasteiger partial charge is 0.432 e. The van der Waals surface area contributed by atoms with E-state index in [2.05, 4.69) is 4.74 Å². The summed E-state index contributed by atoms with van der Waals surface area (Å²) >= 11 is 0. The van der Waals surface area contributed by atoms with Crippen LogP contribution in [0.3, 0.4) is 0 Å². The van der Waals surface area contributed by atoms with Gasteiger partial charge in [0, 0.05) is 17.2 Å². The van der Waals surface area contributed by atoms with Crippen LogP contribution in [0.5, 0.6) is 5.75 Å². The Morgan fingerprint density at radius 2 is 1.21 bits per heavy atom. The molecule has 4 aromatic rings. The van der Waals surface area contributed by atoms with E-state index in [0.29, 0.717) is 30.2 Å². The topological polar surface area (TPSA) is 9.23 Å². The molecule has 0 fully saturated rings. The first-order valence-electron chi connectivity index (χ1n) is 11.6. The number of aryl methyl sites for hydroxylation is 1. The first-order valence-corrected chi connectivity index (χ1v) is 11.6. The summed E-state index contributed by atoms with van der Waals surface area (Å²) in [5.74, 6) is -8.46. The van der Waals surface area contributed by atoms with Crippen molar-refractivity contribution >= 4 is 0 Å². The molecule has 0 N–H and O–H groups in total. The van der Waals surface area contributed by atoms with Gasteiger partial charge in [0.15, 0.2) is 11.6 Å². The first kappa shape index (κ1) is 27.2. The molecule has 4 aromatic carbocycles. The molecule has 0 atom stereocenters. The molecule has 4 rings (SSSR count). The second-order valence-corrected chi connectivity index (χ2v) is 8.62. The summed E-state index contributed by atoms with van der Waals surface area (Å²) < 4.78 is 119. The van der Waals surface area contributed by atoms with Gasteiger partial charge in [-0.15, -0.1) is 0 Å². The van der Waals surface area contributed by atoms with E-state index in [9.17, 15) is 35.1 Å². The number of benzene rings is 4. The Hall–Kier alpha value is -3.88. The van der Waals surface area contributed by atoms with Crippen LogP contribution < -0.4 is 4.74 Å². The Labute approximate surface area is 213 Å². The fourth-order valence-electron chi connectivity index (χ4n) is 3.99. The van der Waals surface area contributed by atoms with Crippen molar-refractivity contribution in [3.8, 4) is 28.0 Å². The van der Waals surface area contributed by atoms with Crippen molar-refractivity contribution in [2.24, 2.45) is 0 Å². The molecule has 1 nitrogen and oxygen atoms in total. The Morgan fingerprint density at radius 3 is 1.82 bits per heavy atom. The monoisotopic (exact) mass is 536 g/mol. The maximum Gasteiger partial charge on any atom is 0.432 e. The van der Waals surface area contributed by atoms with Gasteiger partial charge in [-0.05, 0) is 72.0 Å². The van der Waals surface area contributed by atoms with E-state index in [4.69, 9.17) is 0 Å². The number of hydrogen-bond donors (Lipinski definition) is 0. The summed E-state index contributed by atoms with van der Waals surface area (Å²) in [4.78, 5) is 0. The number of alkyl halides is 2. The average molecular weight is 536 g/mol. The lowest BCUT2D eigenvalue weighted by Crippen LogP contribution is -2.25. The lowest BCUT2D eigenvalue weighted by atomic mass is 9.99. The summed E-state index contributed by atoms with van der Waals surface area (Å²) in [7, 11) is 0. The molecule has 0 unspecified atom stereocenters. The second-order valence-electron chi connectivity index (χ2n) is 8.62. The zero-order valence-electron chi connectivity index (χ0n) is 19.9. The number of rotatable bonds is 8. The minimum atomic E-state index is -4.58. The maximum atomic E-state index is 14.8. The van der Waals surface area contributed by atoms with Gasteiger partial charge in [-0.2, -0.15) is 8.78 Å².